The molecule has 0 aliphatic heterocycles. The van der Waals surface area contributed by atoms with Crippen LogP contribution in [-0.2, 0) is 21.7 Å². The van der Waals surface area contributed by atoms with Crippen molar-refractivity contribution in [3.8, 4) is 0 Å². The highest BCUT2D eigenvalue weighted by Crippen LogP contribution is 2.23. The monoisotopic (exact) mass is 300 g/mol. The van der Waals surface area contributed by atoms with Gasteiger partial charge in [0.2, 0.25) is 20.9 Å². The number of nitrogens with one attached hydrogen (secondary N) is 1. The summed E-state index contributed by atoms with van der Waals surface area (Å²) in [5.41, 5.74) is 0. The molecule has 1 aromatic rings. The first-order valence-corrected chi connectivity index (χ1v) is 8.41. The zero-order chi connectivity index (χ0) is 14.8. The van der Waals surface area contributed by atoms with Crippen molar-refractivity contribution in [3.05, 3.63) is 6.33 Å². The van der Waals surface area contributed by atoms with Gasteiger partial charge in [-0.3, -0.25) is 4.79 Å². The highest BCUT2D eigenvalue weighted by molar-refractivity contribution is 7.91. The minimum Gasteiger partial charge on any atom is -0.352 e. The Kier molecular flexibility index (Phi) is 4.42. The fourth-order valence-corrected chi connectivity index (χ4v) is 3.79. The van der Waals surface area contributed by atoms with Crippen LogP contribution in [-0.4, -0.2) is 40.9 Å². The van der Waals surface area contributed by atoms with Crippen molar-refractivity contribution in [1.29, 1.82) is 0 Å². The third-order valence-corrected chi connectivity index (χ3v) is 5.30. The third-order valence-electron chi connectivity index (χ3n) is 3.73. The second-order valence-electron chi connectivity index (χ2n) is 5.42. The van der Waals surface area contributed by atoms with Crippen LogP contribution in [0.3, 0.4) is 0 Å². The number of aromatic nitrogens is 3. The van der Waals surface area contributed by atoms with Gasteiger partial charge in [-0.2, -0.15) is 0 Å². The lowest BCUT2D eigenvalue weighted by Gasteiger charge is -2.29. The first-order valence-electron chi connectivity index (χ1n) is 6.76. The Labute approximate surface area is 118 Å². The largest absolute Gasteiger partial charge is 0.352 e. The summed E-state index contributed by atoms with van der Waals surface area (Å²) in [5, 5.41) is 9.73. The average molecular weight is 300 g/mol. The molecule has 0 radical (unpaired) electrons. The Balaban J connectivity index is 1.99. The van der Waals surface area contributed by atoms with Crippen LogP contribution in [0.2, 0.25) is 0 Å². The van der Waals surface area contributed by atoms with Crippen LogP contribution in [0.15, 0.2) is 11.5 Å². The fraction of sp³-hybridized carbons (Fsp3) is 0.750. The Morgan fingerprint density at radius 2 is 2.15 bits per heavy atom. The number of nitrogens with zero attached hydrogens (tertiary/aromatic N) is 3. The van der Waals surface area contributed by atoms with Gasteiger partial charge in [-0.25, -0.2) is 8.42 Å². The molecular formula is C12H20N4O3S. The molecule has 1 N–H and O–H groups in total. The molecule has 0 spiro atoms. The molecule has 1 heterocycles. The van der Waals surface area contributed by atoms with Crippen LogP contribution in [0.5, 0.6) is 0 Å². The van der Waals surface area contributed by atoms with Crippen LogP contribution < -0.4 is 5.32 Å². The summed E-state index contributed by atoms with van der Waals surface area (Å²) in [6.07, 6.45) is 5.53. The second-order valence-corrected chi connectivity index (χ2v) is 7.30. The van der Waals surface area contributed by atoms with Crippen LogP contribution >= 0.6 is 0 Å². The standard InChI is InChI=1S/C12H20N4O3S/c1-9-5-3-4-6-10(9)14-11(17)7-20(18,19)12-15-13-8-16(12)2/h8-10H,3-7H2,1-2H3,(H,14,17)/t9-,10-/m0/s1. The third kappa shape index (κ3) is 3.36. The summed E-state index contributed by atoms with van der Waals surface area (Å²) >= 11 is 0. The first-order chi connectivity index (χ1) is 9.40. The normalized spacial score (nSPS) is 23.5. The van der Waals surface area contributed by atoms with E-state index in [1.807, 2.05) is 0 Å². The smallest absolute Gasteiger partial charge is 0.249 e. The van der Waals surface area contributed by atoms with Gasteiger partial charge in [0.15, 0.2) is 0 Å². The lowest BCUT2D eigenvalue weighted by atomic mass is 9.86. The topological polar surface area (TPSA) is 93.9 Å². The Bertz CT molecular complexity index is 581. The number of aryl methyl sites for hydroxylation is 1. The van der Waals surface area contributed by atoms with Gasteiger partial charge in [-0.1, -0.05) is 19.8 Å². The number of hydrogen-bond acceptors (Lipinski definition) is 5. The molecule has 1 saturated carbocycles. The van der Waals surface area contributed by atoms with Crippen molar-refractivity contribution in [2.24, 2.45) is 13.0 Å². The number of sulfone groups is 1. The molecule has 1 amide bonds. The maximum atomic E-state index is 12.1. The Hall–Kier alpha value is -1.44. The zero-order valence-electron chi connectivity index (χ0n) is 11.7. The van der Waals surface area contributed by atoms with Gasteiger partial charge in [-0.05, 0) is 18.8 Å². The van der Waals surface area contributed by atoms with E-state index in [0.717, 1.165) is 19.3 Å². The fourth-order valence-electron chi connectivity index (χ4n) is 2.57. The summed E-state index contributed by atoms with van der Waals surface area (Å²) < 4.78 is 25.4. The predicted octanol–water partition coefficient (Wildman–Crippen LogP) is 0.284. The van der Waals surface area contributed by atoms with Gasteiger partial charge >= 0.3 is 0 Å². The summed E-state index contributed by atoms with van der Waals surface area (Å²) in [6, 6.07) is 0.0750. The molecule has 112 valence electrons. The highest BCUT2D eigenvalue weighted by atomic mass is 32.2. The number of carbonyl (C=O) groups is 1. The van der Waals surface area contributed by atoms with E-state index in [-0.39, 0.29) is 11.2 Å². The number of rotatable bonds is 4. The molecule has 1 aliphatic carbocycles. The van der Waals surface area contributed by atoms with Gasteiger partial charge in [0.25, 0.3) is 0 Å². The average Bonchev–Trinajstić information content (AvgIpc) is 2.78. The maximum Gasteiger partial charge on any atom is 0.249 e. The number of amides is 1. The molecule has 1 aromatic heterocycles. The molecule has 0 unspecified atom stereocenters. The van der Waals surface area contributed by atoms with Crippen molar-refractivity contribution in [1.82, 2.24) is 20.1 Å². The summed E-state index contributed by atoms with van der Waals surface area (Å²) in [5.74, 6) is -0.653. The van der Waals surface area contributed by atoms with E-state index in [4.69, 9.17) is 0 Å². The number of carbonyl (C=O) groups excluding carboxylic acids is 1. The van der Waals surface area contributed by atoms with Crippen LogP contribution in [0, 0.1) is 5.92 Å². The van der Waals surface area contributed by atoms with Crippen molar-refractivity contribution in [2.45, 2.75) is 43.8 Å². The van der Waals surface area contributed by atoms with Crippen molar-refractivity contribution < 1.29 is 13.2 Å². The van der Waals surface area contributed by atoms with E-state index in [1.165, 1.54) is 24.4 Å². The quantitative estimate of drug-likeness (QED) is 0.862. The van der Waals surface area contributed by atoms with Gasteiger partial charge in [0, 0.05) is 13.1 Å². The molecule has 1 aliphatic rings. The highest BCUT2D eigenvalue weighted by Gasteiger charge is 2.28. The summed E-state index contributed by atoms with van der Waals surface area (Å²) in [6.45, 7) is 2.08. The van der Waals surface area contributed by atoms with E-state index < -0.39 is 21.5 Å². The summed E-state index contributed by atoms with van der Waals surface area (Å²) in [4.78, 5) is 11.9. The lowest BCUT2D eigenvalue weighted by Crippen LogP contribution is -2.43. The first kappa shape index (κ1) is 15.0. The van der Waals surface area contributed by atoms with E-state index in [2.05, 4.69) is 22.4 Å². The van der Waals surface area contributed by atoms with E-state index in [1.54, 1.807) is 0 Å². The molecule has 0 aromatic carbocycles. The molecule has 0 saturated heterocycles. The SMILES string of the molecule is C[C@H]1CCCC[C@@H]1NC(=O)CS(=O)(=O)c1nncn1C. The number of hydrogen-bond donors (Lipinski definition) is 1. The van der Waals surface area contributed by atoms with Crippen LogP contribution in [0.25, 0.3) is 0 Å². The molecular weight excluding hydrogens is 280 g/mol. The lowest BCUT2D eigenvalue weighted by molar-refractivity contribution is -0.119. The minimum absolute atomic E-state index is 0.0750. The Morgan fingerprint density at radius 3 is 2.75 bits per heavy atom. The van der Waals surface area contributed by atoms with Crippen molar-refractivity contribution in [2.75, 3.05) is 5.75 Å². The van der Waals surface area contributed by atoms with Crippen LogP contribution in [0.4, 0.5) is 0 Å². The van der Waals surface area contributed by atoms with Crippen molar-refractivity contribution in [3.63, 3.8) is 0 Å². The molecule has 20 heavy (non-hydrogen) atoms. The van der Waals surface area contributed by atoms with Crippen LogP contribution in [0.1, 0.15) is 32.6 Å². The Morgan fingerprint density at radius 1 is 1.45 bits per heavy atom. The maximum absolute atomic E-state index is 12.1. The minimum atomic E-state index is -3.74. The molecule has 7 nitrogen and oxygen atoms in total. The molecule has 0 bridgehead atoms. The van der Waals surface area contributed by atoms with E-state index in [0.29, 0.717) is 5.92 Å². The van der Waals surface area contributed by atoms with Gasteiger partial charge in [0.1, 0.15) is 12.1 Å². The summed E-state index contributed by atoms with van der Waals surface area (Å²) in [7, 11) is -2.20. The molecule has 8 heteroatoms. The second kappa shape index (κ2) is 5.90. The van der Waals surface area contributed by atoms with Gasteiger partial charge in [0.05, 0.1) is 0 Å². The van der Waals surface area contributed by atoms with Gasteiger partial charge < -0.3 is 9.88 Å². The van der Waals surface area contributed by atoms with E-state index >= 15 is 0 Å². The predicted molar refractivity (Wildman–Crippen MR) is 72.6 cm³/mol. The molecule has 2 atom stereocenters. The molecule has 1 fully saturated rings. The van der Waals surface area contributed by atoms with Gasteiger partial charge in [-0.15, -0.1) is 10.2 Å². The zero-order valence-corrected chi connectivity index (χ0v) is 12.6. The molecule has 2 rings (SSSR count). The van der Waals surface area contributed by atoms with E-state index in [9.17, 15) is 13.2 Å². The van der Waals surface area contributed by atoms with Crippen molar-refractivity contribution >= 4 is 15.7 Å².